The molecule has 0 saturated carbocycles. The van der Waals surface area contributed by atoms with Crippen LogP contribution in [-0.4, -0.2) is 16.8 Å². The van der Waals surface area contributed by atoms with Gasteiger partial charge in [0.15, 0.2) is 11.5 Å². The highest BCUT2D eigenvalue weighted by atomic mass is 16.5. The fraction of sp³-hybridized carbons (Fsp3) is 0.0769. The fourth-order valence-corrected chi connectivity index (χ4v) is 1.45. The summed E-state index contributed by atoms with van der Waals surface area (Å²) in [6.07, 6.45) is 2.16. The van der Waals surface area contributed by atoms with Crippen LogP contribution in [0.5, 0.6) is 5.75 Å². The lowest BCUT2D eigenvalue weighted by Gasteiger charge is -2.19. The molecule has 1 heterocycles. The minimum atomic E-state index is -1.08. The molecule has 1 aliphatic heterocycles. The number of allylic oxidation sites excluding steroid dienone is 1. The van der Waals surface area contributed by atoms with Gasteiger partial charge in [0.1, 0.15) is 5.75 Å². The van der Waals surface area contributed by atoms with Gasteiger partial charge >= 0.3 is 5.97 Å². The normalized spacial score (nSPS) is 13.8. The topological polar surface area (TPSA) is 58.9 Å². The first-order valence-corrected chi connectivity index (χ1v) is 5.11. The number of nitrogens with zero attached hydrogens (tertiary/aromatic N) is 1. The van der Waals surface area contributed by atoms with Crippen molar-refractivity contribution >= 4 is 11.7 Å². The molecule has 0 saturated heterocycles. The van der Waals surface area contributed by atoms with Gasteiger partial charge in [-0.2, -0.15) is 0 Å². The van der Waals surface area contributed by atoms with E-state index in [-0.39, 0.29) is 5.71 Å². The Balaban J connectivity index is 2.19. The summed E-state index contributed by atoms with van der Waals surface area (Å²) in [5.74, 6) is -0.162. The number of benzene rings is 1. The molecule has 2 rings (SSSR count). The van der Waals surface area contributed by atoms with Crippen molar-refractivity contribution in [3.63, 3.8) is 0 Å². The third-order valence-electron chi connectivity index (χ3n) is 2.23. The third kappa shape index (κ3) is 2.25. The van der Waals surface area contributed by atoms with E-state index in [1.807, 2.05) is 18.2 Å². The van der Waals surface area contributed by atoms with Crippen molar-refractivity contribution < 1.29 is 14.6 Å². The molecule has 0 unspecified atom stereocenters. The first-order chi connectivity index (χ1) is 8.22. The standard InChI is InChI=1S/C13H11NO3/c1-2-6-10-12(11(14-10)13(15)16)17-9-7-4-3-5-8-9/h2-5,7-8H,1,6H2,(H,15,16). The van der Waals surface area contributed by atoms with Crippen LogP contribution in [-0.2, 0) is 4.79 Å². The van der Waals surface area contributed by atoms with Crippen LogP contribution < -0.4 is 4.74 Å². The molecule has 1 aromatic rings. The largest absolute Gasteiger partial charge is 0.476 e. The summed E-state index contributed by atoms with van der Waals surface area (Å²) in [4.78, 5) is 14.7. The van der Waals surface area contributed by atoms with Crippen LogP contribution in [0.15, 0.2) is 59.4 Å². The molecular weight excluding hydrogens is 218 g/mol. The van der Waals surface area contributed by atoms with Crippen molar-refractivity contribution in [2.75, 3.05) is 0 Å². The zero-order valence-corrected chi connectivity index (χ0v) is 9.09. The van der Waals surface area contributed by atoms with Gasteiger partial charge in [0.2, 0.25) is 0 Å². The Morgan fingerprint density at radius 1 is 1.41 bits per heavy atom. The van der Waals surface area contributed by atoms with Crippen LogP contribution in [0, 0.1) is 0 Å². The lowest BCUT2D eigenvalue weighted by Crippen LogP contribution is -2.27. The molecule has 1 aliphatic rings. The molecule has 0 aromatic heterocycles. The van der Waals surface area contributed by atoms with Crippen molar-refractivity contribution in [3.05, 3.63) is 54.4 Å². The lowest BCUT2D eigenvalue weighted by atomic mass is 10.1. The summed E-state index contributed by atoms with van der Waals surface area (Å²) in [5, 5.41) is 8.90. The number of carbonyl (C=O) groups is 1. The average molecular weight is 229 g/mol. The molecule has 0 atom stereocenters. The van der Waals surface area contributed by atoms with Gasteiger partial charge in [0.25, 0.3) is 0 Å². The molecule has 86 valence electrons. The monoisotopic (exact) mass is 229 g/mol. The van der Waals surface area contributed by atoms with Gasteiger partial charge in [-0.05, 0) is 12.1 Å². The Morgan fingerprint density at radius 2 is 2.12 bits per heavy atom. The molecule has 17 heavy (non-hydrogen) atoms. The number of aliphatic imine (C=N–C) groups is 1. The lowest BCUT2D eigenvalue weighted by molar-refractivity contribution is -0.129. The van der Waals surface area contributed by atoms with Crippen LogP contribution in [0.3, 0.4) is 0 Å². The maximum absolute atomic E-state index is 10.9. The summed E-state index contributed by atoms with van der Waals surface area (Å²) in [7, 11) is 0. The van der Waals surface area contributed by atoms with E-state index in [4.69, 9.17) is 9.84 Å². The zero-order chi connectivity index (χ0) is 12.3. The summed E-state index contributed by atoms with van der Waals surface area (Å²) in [5.41, 5.74) is 0.576. The quantitative estimate of drug-likeness (QED) is 0.788. The molecule has 0 aliphatic carbocycles. The number of hydrogen-bond donors (Lipinski definition) is 1. The van der Waals surface area contributed by atoms with E-state index in [1.54, 1.807) is 18.2 Å². The molecule has 0 spiro atoms. The van der Waals surface area contributed by atoms with E-state index in [0.29, 0.717) is 23.6 Å². The van der Waals surface area contributed by atoms with Crippen LogP contribution in [0.4, 0.5) is 0 Å². The number of hydrogen-bond acceptors (Lipinski definition) is 3. The summed E-state index contributed by atoms with van der Waals surface area (Å²) in [6, 6.07) is 9.02. The minimum Gasteiger partial charge on any atom is -0.476 e. The maximum Gasteiger partial charge on any atom is 0.358 e. The zero-order valence-electron chi connectivity index (χ0n) is 9.09. The van der Waals surface area contributed by atoms with Crippen LogP contribution in [0.2, 0.25) is 0 Å². The Morgan fingerprint density at radius 3 is 2.71 bits per heavy atom. The summed E-state index contributed by atoms with van der Waals surface area (Å²) in [6.45, 7) is 3.59. The number of carboxylic acids is 1. The molecule has 1 aromatic carbocycles. The number of ether oxygens (including phenoxy) is 1. The van der Waals surface area contributed by atoms with Crippen molar-refractivity contribution in [1.82, 2.24) is 0 Å². The Bertz CT molecular complexity index is 515. The SMILES string of the molecule is C=CCC1=C(Oc2ccccc2)C(C(=O)O)=N1. The molecular formula is C13H11NO3. The van der Waals surface area contributed by atoms with E-state index in [9.17, 15) is 4.79 Å². The van der Waals surface area contributed by atoms with Gasteiger partial charge < -0.3 is 9.84 Å². The number of rotatable bonds is 5. The van der Waals surface area contributed by atoms with Gasteiger partial charge in [-0.3, -0.25) is 0 Å². The second-order valence-corrected chi connectivity index (χ2v) is 3.45. The summed E-state index contributed by atoms with van der Waals surface area (Å²) < 4.78 is 5.51. The van der Waals surface area contributed by atoms with Crippen molar-refractivity contribution in [1.29, 1.82) is 0 Å². The van der Waals surface area contributed by atoms with Gasteiger partial charge in [-0.1, -0.05) is 24.3 Å². The van der Waals surface area contributed by atoms with E-state index in [1.165, 1.54) is 0 Å². The van der Waals surface area contributed by atoms with Crippen molar-refractivity contribution in [2.45, 2.75) is 6.42 Å². The smallest absolute Gasteiger partial charge is 0.358 e. The van der Waals surface area contributed by atoms with Crippen molar-refractivity contribution in [2.24, 2.45) is 4.99 Å². The number of carboxylic acid groups (broad SMARTS) is 1. The fourth-order valence-electron chi connectivity index (χ4n) is 1.45. The van der Waals surface area contributed by atoms with Gasteiger partial charge in [-0.25, -0.2) is 9.79 Å². The predicted molar refractivity (Wildman–Crippen MR) is 64.0 cm³/mol. The molecule has 0 amide bonds. The third-order valence-corrected chi connectivity index (χ3v) is 2.23. The van der Waals surface area contributed by atoms with Crippen LogP contribution >= 0.6 is 0 Å². The highest BCUT2D eigenvalue weighted by Gasteiger charge is 2.29. The molecule has 1 N–H and O–H groups in total. The van der Waals surface area contributed by atoms with E-state index < -0.39 is 5.97 Å². The van der Waals surface area contributed by atoms with Gasteiger partial charge in [0, 0.05) is 6.42 Å². The maximum atomic E-state index is 10.9. The molecule has 0 bridgehead atoms. The first kappa shape index (κ1) is 11.1. The highest BCUT2D eigenvalue weighted by Crippen LogP contribution is 2.26. The van der Waals surface area contributed by atoms with Gasteiger partial charge in [-0.15, -0.1) is 6.58 Å². The predicted octanol–water partition coefficient (Wildman–Crippen LogP) is 2.39. The van der Waals surface area contributed by atoms with Crippen LogP contribution in [0.25, 0.3) is 0 Å². The molecule has 4 nitrogen and oxygen atoms in total. The molecule has 4 heteroatoms. The Kier molecular flexibility index (Phi) is 3.05. The second kappa shape index (κ2) is 4.65. The second-order valence-electron chi connectivity index (χ2n) is 3.45. The summed E-state index contributed by atoms with van der Waals surface area (Å²) >= 11 is 0. The molecule has 0 radical (unpaired) electrons. The van der Waals surface area contributed by atoms with Gasteiger partial charge in [0.05, 0.1) is 5.70 Å². The van der Waals surface area contributed by atoms with E-state index >= 15 is 0 Å². The highest BCUT2D eigenvalue weighted by molar-refractivity contribution is 6.44. The van der Waals surface area contributed by atoms with E-state index in [2.05, 4.69) is 11.6 Å². The Hall–Kier alpha value is -2.36. The van der Waals surface area contributed by atoms with Crippen LogP contribution in [0.1, 0.15) is 6.42 Å². The molecule has 0 fully saturated rings. The van der Waals surface area contributed by atoms with E-state index in [0.717, 1.165) is 0 Å². The first-order valence-electron chi connectivity index (χ1n) is 5.11. The number of para-hydroxylation sites is 1. The number of aliphatic carboxylic acids is 1. The minimum absolute atomic E-state index is 0.0364. The van der Waals surface area contributed by atoms with Crippen molar-refractivity contribution in [3.8, 4) is 5.75 Å². The Labute approximate surface area is 98.6 Å². The average Bonchev–Trinajstić information content (AvgIpc) is 2.32.